The van der Waals surface area contributed by atoms with Crippen LogP contribution < -0.4 is 5.32 Å². The van der Waals surface area contributed by atoms with E-state index in [2.05, 4.69) is 43.4 Å². The molecule has 0 amide bonds. The first-order valence-corrected chi connectivity index (χ1v) is 6.06. The lowest BCUT2D eigenvalue weighted by Crippen LogP contribution is -2.29. The highest BCUT2D eigenvalue weighted by Crippen LogP contribution is 2.26. The summed E-state index contributed by atoms with van der Waals surface area (Å²) in [6.45, 7) is 5.65. The predicted molar refractivity (Wildman–Crippen MR) is 64.9 cm³/mol. The first-order valence-electron chi connectivity index (χ1n) is 6.06. The van der Waals surface area contributed by atoms with E-state index in [1.807, 2.05) is 0 Å². The van der Waals surface area contributed by atoms with Crippen LogP contribution in [0, 0.1) is 12.8 Å². The highest BCUT2D eigenvalue weighted by molar-refractivity contribution is 5.28. The summed E-state index contributed by atoms with van der Waals surface area (Å²) in [6.07, 6.45) is 4.28. The van der Waals surface area contributed by atoms with Crippen molar-refractivity contribution in [2.75, 3.05) is 6.54 Å². The van der Waals surface area contributed by atoms with Gasteiger partial charge in [0.2, 0.25) is 0 Å². The van der Waals surface area contributed by atoms with Gasteiger partial charge in [0.05, 0.1) is 0 Å². The number of rotatable bonds is 4. The third-order valence-corrected chi connectivity index (χ3v) is 3.59. The van der Waals surface area contributed by atoms with Crippen LogP contribution in [0.4, 0.5) is 0 Å². The Morgan fingerprint density at radius 1 is 1.33 bits per heavy atom. The van der Waals surface area contributed by atoms with Gasteiger partial charge >= 0.3 is 0 Å². The van der Waals surface area contributed by atoms with E-state index in [0.29, 0.717) is 6.04 Å². The Morgan fingerprint density at radius 3 is 2.67 bits per heavy atom. The van der Waals surface area contributed by atoms with Crippen molar-refractivity contribution in [2.24, 2.45) is 5.92 Å². The first-order chi connectivity index (χ1) is 7.27. The third kappa shape index (κ3) is 2.60. The van der Waals surface area contributed by atoms with E-state index in [-0.39, 0.29) is 0 Å². The minimum Gasteiger partial charge on any atom is -0.310 e. The summed E-state index contributed by atoms with van der Waals surface area (Å²) in [5.41, 5.74) is 2.84. The van der Waals surface area contributed by atoms with Crippen molar-refractivity contribution < 1.29 is 0 Å². The van der Waals surface area contributed by atoms with Crippen LogP contribution >= 0.6 is 0 Å². The molecule has 1 aliphatic rings. The molecule has 1 N–H and O–H groups in total. The summed E-state index contributed by atoms with van der Waals surface area (Å²) in [7, 11) is 0. The average Bonchev–Trinajstić information content (AvgIpc) is 2.16. The van der Waals surface area contributed by atoms with Gasteiger partial charge in [-0.05, 0) is 50.3 Å². The van der Waals surface area contributed by atoms with E-state index in [1.54, 1.807) is 0 Å². The van der Waals surface area contributed by atoms with Crippen LogP contribution in [0.1, 0.15) is 43.4 Å². The van der Waals surface area contributed by atoms with E-state index in [1.165, 1.54) is 36.9 Å². The molecule has 1 aromatic carbocycles. The minimum absolute atomic E-state index is 0.492. The maximum atomic E-state index is 3.64. The smallest absolute Gasteiger partial charge is 0.0294 e. The maximum Gasteiger partial charge on any atom is 0.0294 e. The highest BCUT2D eigenvalue weighted by Gasteiger charge is 2.18. The number of aryl methyl sites for hydroxylation is 1. The zero-order valence-corrected chi connectivity index (χ0v) is 9.79. The molecule has 0 aromatic heterocycles. The van der Waals surface area contributed by atoms with E-state index >= 15 is 0 Å². The molecule has 1 aliphatic carbocycles. The Labute approximate surface area is 92.9 Å². The van der Waals surface area contributed by atoms with Crippen molar-refractivity contribution >= 4 is 0 Å². The Morgan fingerprint density at radius 2 is 2.07 bits per heavy atom. The van der Waals surface area contributed by atoms with Crippen molar-refractivity contribution in [1.29, 1.82) is 0 Å². The summed E-state index contributed by atoms with van der Waals surface area (Å²) in [4.78, 5) is 0. The maximum absolute atomic E-state index is 3.64. The molecular weight excluding hydrogens is 182 g/mol. The van der Waals surface area contributed by atoms with Gasteiger partial charge in [-0.25, -0.2) is 0 Å². The molecule has 1 fully saturated rings. The Bertz CT molecular complexity index is 315. The summed E-state index contributed by atoms with van der Waals surface area (Å²) in [5.74, 6) is 0.941. The highest BCUT2D eigenvalue weighted by atomic mass is 14.9. The lowest BCUT2D eigenvalue weighted by atomic mass is 9.85. The van der Waals surface area contributed by atoms with Crippen molar-refractivity contribution in [3.05, 3.63) is 35.4 Å². The van der Waals surface area contributed by atoms with Crippen molar-refractivity contribution in [3.63, 3.8) is 0 Å². The van der Waals surface area contributed by atoms with Gasteiger partial charge < -0.3 is 5.32 Å². The topological polar surface area (TPSA) is 12.0 Å². The number of benzene rings is 1. The quantitative estimate of drug-likeness (QED) is 0.790. The van der Waals surface area contributed by atoms with Gasteiger partial charge in [-0.1, -0.05) is 30.7 Å². The van der Waals surface area contributed by atoms with Crippen LogP contribution in [0.5, 0.6) is 0 Å². The van der Waals surface area contributed by atoms with Gasteiger partial charge in [0.25, 0.3) is 0 Å². The largest absolute Gasteiger partial charge is 0.310 e. The minimum atomic E-state index is 0.492. The number of nitrogens with one attached hydrogen (secondary N) is 1. The van der Waals surface area contributed by atoms with E-state index in [0.717, 1.165) is 5.92 Å². The van der Waals surface area contributed by atoms with Gasteiger partial charge in [0.1, 0.15) is 0 Å². The second-order valence-corrected chi connectivity index (χ2v) is 4.78. The zero-order chi connectivity index (χ0) is 10.7. The standard InChI is InChI=1S/C14H21N/c1-11-6-3-4-9-14(11)12(2)15-10-13-7-5-8-13/h3-4,6,9,12-13,15H,5,7-8,10H2,1-2H3/t12-/m0/s1. The molecule has 82 valence electrons. The lowest BCUT2D eigenvalue weighted by Gasteiger charge is -2.27. The van der Waals surface area contributed by atoms with Crippen LogP contribution in [0.25, 0.3) is 0 Å². The molecule has 1 heteroatoms. The molecule has 1 atom stereocenters. The molecule has 0 heterocycles. The molecule has 0 saturated heterocycles. The zero-order valence-electron chi connectivity index (χ0n) is 9.79. The molecule has 1 aromatic rings. The second-order valence-electron chi connectivity index (χ2n) is 4.78. The molecule has 1 saturated carbocycles. The molecule has 0 bridgehead atoms. The van der Waals surface area contributed by atoms with Crippen LogP contribution in [-0.2, 0) is 0 Å². The molecular formula is C14H21N. The van der Waals surface area contributed by atoms with E-state index in [4.69, 9.17) is 0 Å². The van der Waals surface area contributed by atoms with Gasteiger partial charge in [-0.3, -0.25) is 0 Å². The second kappa shape index (κ2) is 4.80. The summed E-state index contributed by atoms with van der Waals surface area (Å²) in [6, 6.07) is 9.15. The molecule has 0 aliphatic heterocycles. The summed E-state index contributed by atoms with van der Waals surface area (Å²) in [5, 5.41) is 3.64. The van der Waals surface area contributed by atoms with Crippen molar-refractivity contribution in [3.8, 4) is 0 Å². The van der Waals surface area contributed by atoms with E-state index < -0.39 is 0 Å². The molecule has 2 rings (SSSR count). The van der Waals surface area contributed by atoms with Gasteiger partial charge in [0, 0.05) is 6.04 Å². The SMILES string of the molecule is Cc1ccccc1[C@H](C)NCC1CCC1. The van der Waals surface area contributed by atoms with Crippen molar-refractivity contribution in [1.82, 2.24) is 5.32 Å². The van der Waals surface area contributed by atoms with E-state index in [9.17, 15) is 0 Å². The normalized spacial score (nSPS) is 18.5. The predicted octanol–water partition coefficient (Wildman–Crippen LogP) is 3.45. The molecule has 0 spiro atoms. The Balaban J connectivity index is 1.89. The first kappa shape index (κ1) is 10.7. The fourth-order valence-electron chi connectivity index (χ4n) is 2.22. The van der Waals surface area contributed by atoms with Crippen LogP contribution in [-0.4, -0.2) is 6.54 Å². The van der Waals surface area contributed by atoms with Crippen molar-refractivity contribution in [2.45, 2.75) is 39.2 Å². The van der Waals surface area contributed by atoms with Gasteiger partial charge in [-0.2, -0.15) is 0 Å². The summed E-state index contributed by atoms with van der Waals surface area (Å²) < 4.78 is 0. The summed E-state index contributed by atoms with van der Waals surface area (Å²) >= 11 is 0. The molecule has 0 radical (unpaired) electrons. The Hall–Kier alpha value is -0.820. The molecule has 1 nitrogen and oxygen atoms in total. The molecule has 0 unspecified atom stereocenters. The average molecular weight is 203 g/mol. The van der Waals surface area contributed by atoms with Crippen LogP contribution in [0.2, 0.25) is 0 Å². The lowest BCUT2D eigenvalue weighted by molar-refractivity contribution is 0.292. The van der Waals surface area contributed by atoms with Crippen LogP contribution in [0.3, 0.4) is 0 Å². The molecule has 15 heavy (non-hydrogen) atoms. The fraction of sp³-hybridized carbons (Fsp3) is 0.571. The number of hydrogen-bond acceptors (Lipinski definition) is 1. The van der Waals surface area contributed by atoms with Gasteiger partial charge in [-0.15, -0.1) is 0 Å². The third-order valence-electron chi connectivity index (χ3n) is 3.59. The Kier molecular flexibility index (Phi) is 3.42. The van der Waals surface area contributed by atoms with Gasteiger partial charge in [0.15, 0.2) is 0 Å². The van der Waals surface area contributed by atoms with Crippen LogP contribution in [0.15, 0.2) is 24.3 Å². The monoisotopic (exact) mass is 203 g/mol. The number of hydrogen-bond donors (Lipinski definition) is 1. The fourth-order valence-corrected chi connectivity index (χ4v) is 2.22.